The van der Waals surface area contributed by atoms with Gasteiger partial charge in [-0.1, -0.05) is 30.2 Å². The van der Waals surface area contributed by atoms with Crippen LogP contribution in [0.3, 0.4) is 0 Å². The molecule has 1 saturated carbocycles. The molecule has 3 nitrogen and oxygen atoms in total. The van der Waals surface area contributed by atoms with Gasteiger partial charge in [0.05, 0.1) is 18.3 Å². The zero-order valence-corrected chi connectivity index (χ0v) is 13.4. The van der Waals surface area contributed by atoms with Crippen LogP contribution in [0.15, 0.2) is 30.5 Å². The lowest BCUT2D eigenvalue weighted by Crippen LogP contribution is -2.20. The van der Waals surface area contributed by atoms with E-state index in [9.17, 15) is 0 Å². The van der Waals surface area contributed by atoms with E-state index in [4.69, 9.17) is 16.3 Å². The maximum atomic E-state index is 6.18. The monoisotopic (exact) mass is 322 g/mol. The van der Waals surface area contributed by atoms with Crippen LogP contribution in [0.4, 0.5) is 5.69 Å². The number of benzene rings is 1. The summed E-state index contributed by atoms with van der Waals surface area (Å²) in [7, 11) is 0. The number of thiazole rings is 1. The molecule has 1 aliphatic rings. The minimum absolute atomic E-state index is 0.361. The first-order chi connectivity index (χ1) is 10.3. The summed E-state index contributed by atoms with van der Waals surface area (Å²) < 4.78 is 6.76. The Morgan fingerprint density at radius 3 is 2.81 bits per heavy atom. The molecule has 0 unspecified atom stereocenters. The Balaban J connectivity index is 1.64. The van der Waals surface area contributed by atoms with E-state index in [0.717, 1.165) is 22.9 Å². The van der Waals surface area contributed by atoms with Gasteiger partial charge in [-0.3, -0.25) is 0 Å². The Labute approximate surface area is 134 Å². The number of nitrogens with zero attached hydrogens (tertiary/aromatic N) is 1. The third-order valence-electron chi connectivity index (χ3n) is 3.71. The van der Waals surface area contributed by atoms with Crippen LogP contribution in [0.5, 0.6) is 5.75 Å². The predicted octanol–water partition coefficient (Wildman–Crippen LogP) is 5.12. The van der Waals surface area contributed by atoms with Crippen molar-refractivity contribution in [2.75, 3.05) is 5.32 Å². The maximum absolute atomic E-state index is 6.18. The summed E-state index contributed by atoms with van der Waals surface area (Å²) >= 11 is 7.36. The maximum Gasteiger partial charge on any atom is 0.183 e. The first kappa shape index (κ1) is 14.7. The first-order valence-electron chi connectivity index (χ1n) is 7.41. The SMILES string of the molecule is Clc1ncc(CNc2ccccc2OC2CCCCC2)s1. The molecule has 1 N–H and O–H groups in total. The van der Waals surface area contributed by atoms with Crippen molar-refractivity contribution in [2.24, 2.45) is 0 Å². The van der Waals surface area contributed by atoms with Crippen molar-refractivity contribution < 1.29 is 4.74 Å². The van der Waals surface area contributed by atoms with E-state index >= 15 is 0 Å². The summed E-state index contributed by atoms with van der Waals surface area (Å²) in [5.41, 5.74) is 1.03. The average molecular weight is 323 g/mol. The van der Waals surface area contributed by atoms with Gasteiger partial charge in [-0.25, -0.2) is 4.98 Å². The number of rotatable bonds is 5. The highest BCUT2D eigenvalue weighted by molar-refractivity contribution is 7.15. The summed E-state index contributed by atoms with van der Waals surface area (Å²) in [4.78, 5) is 5.18. The smallest absolute Gasteiger partial charge is 0.183 e. The van der Waals surface area contributed by atoms with Crippen LogP contribution < -0.4 is 10.1 Å². The third kappa shape index (κ3) is 4.11. The van der Waals surface area contributed by atoms with Gasteiger partial charge in [-0.15, -0.1) is 11.3 Å². The number of aromatic nitrogens is 1. The highest BCUT2D eigenvalue weighted by atomic mass is 35.5. The fourth-order valence-electron chi connectivity index (χ4n) is 2.63. The highest BCUT2D eigenvalue weighted by Crippen LogP contribution is 2.30. The van der Waals surface area contributed by atoms with E-state index < -0.39 is 0 Å². The number of para-hydroxylation sites is 2. The normalized spacial score (nSPS) is 15.9. The Morgan fingerprint density at radius 2 is 2.05 bits per heavy atom. The molecule has 0 bridgehead atoms. The van der Waals surface area contributed by atoms with Crippen LogP contribution in [0.2, 0.25) is 4.47 Å². The van der Waals surface area contributed by atoms with Gasteiger partial charge in [0, 0.05) is 11.1 Å². The molecule has 112 valence electrons. The fraction of sp³-hybridized carbons (Fsp3) is 0.438. The van der Waals surface area contributed by atoms with Gasteiger partial charge in [0.1, 0.15) is 5.75 Å². The van der Waals surface area contributed by atoms with Crippen LogP contribution >= 0.6 is 22.9 Å². The molecule has 21 heavy (non-hydrogen) atoms. The molecule has 0 aliphatic heterocycles. The summed E-state index contributed by atoms with van der Waals surface area (Å²) in [6, 6.07) is 8.14. The van der Waals surface area contributed by atoms with Gasteiger partial charge < -0.3 is 10.1 Å². The van der Waals surface area contributed by atoms with Crippen LogP contribution in [0, 0.1) is 0 Å². The van der Waals surface area contributed by atoms with Crippen molar-refractivity contribution in [2.45, 2.75) is 44.8 Å². The van der Waals surface area contributed by atoms with Crippen molar-refractivity contribution in [3.63, 3.8) is 0 Å². The van der Waals surface area contributed by atoms with Gasteiger partial charge >= 0.3 is 0 Å². The fourth-order valence-corrected chi connectivity index (χ4v) is 3.54. The number of hydrogen-bond donors (Lipinski definition) is 1. The molecule has 3 rings (SSSR count). The summed E-state index contributed by atoms with van der Waals surface area (Å²) in [5.74, 6) is 0.944. The molecular formula is C16H19ClN2OS. The molecule has 1 aromatic carbocycles. The minimum atomic E-state index is 0.361. The van der Waals surface area contributed by atoms with Gasteiger partial charge in [-0.2, -0.15) is 0 Å². The molecule has 5 heteroatoms. The molecule has 0 spiro atoms. The molecule has 1 aliphatic carbocycles. The Hall–Kier alpha value is -1.26. The van der Waals surface area contributed by atoms with Gasteiger partial charge in [0.25, 0.3) is 0 Å². The topological polar surface area (TPSA) is 34.2 Å². The quantitative estimate of drug-likeness (QED) is 0.829. The highest BCUT2D eigenvalue weighted by Gasteiger charge is 2.16. The van der Waals surface area contributed by atoms with E-state index in [2.05, 4.69) is 16.4 Å². The molecule has 1 fully saturated rings. The zero-order valence-electron chi connectivity index (χ0n) is 11.8. The summed E-state index contributed by atoms with van der Waals surface area (Å²) in [6.45, 7) is 0.718. The second-order valence-electron chi connectivity index (χ2n) is 5.31. The van der Waals surface area contributed by atoms with Crippen LogP contribution in [-0.2, 0) is 6.54 Å². The third-order valence-corrected chi connectivity index (χ3v) is 4.83. The van der Waals surface area contributed by atoms with Crippen molar-refractivity contribution >= 4 is 28.6 Å². The van der Waals surface area contributed by atoms with Gasteiger partial charge in [0.15, 0.2) is 4.47 Å². The van der Waals surface area contributed by atoms with Gasteiger partial charge in [-0.05, 0) is 37.8 Å². The Bertz CT molecular complexity index is 581. The number of anilines is 1. The molecule has 0 radical (unpaired) electrons. The molecule has 0 saturated heterocycles. The number of halogens is 1. The standard InChI is InChI=1S/C16H19ClN2OS/c17-16-19-11-13(21-16)10-18-14-8-4-5-9-15(14)20-12-6-2-1-3-7-12/h4-5,8-9,11-12,18H,1-3,6-7,10H2. The van der Waals surface area contributed by atoms with Crippen LogP contribution in [0.25, 0.3) is 0 Å². The minimum Gasteiger partial charge on any atom is -0.488 e. The van der Waals surface area contributed by atoms with E-state index in [-0.39, 0.29) is 0 Å². The van der Waals surface area contributed by atoms with E-state index in [1.807, 2.05) is 24.4 Å². The van der Waals surface area contributed by atoms with Gasteiger partial charge in [0.2, 0.25) is 0 Å². The van der Waals surface area contributed by atoms with Crippen molar-refractivity contribution in [3.8, 4) is 5.75 Å². The molecule has 2 aromatic rings. The average Bonchev–Trinajstić information content (AvgIpc) is 2.93. The molecular weight excluding hydrogens is 304 g/mol. The number of hydrogen-bond acceptors (Lipinski definition) is 4. The molecule has 1 aromatic heterocycles. The lowest BCUT2D eigenvalue weighted by Gasteiger charge is -2.24. The lowest BCUT2D eigenvalue weighted by molar-refractivity contribution is 0.156. The lowest BCUT2D eigenvalue weighted by atomic mass is 9.98. The van der Waals surface area contributed by atoms with E-state index in [0.29, 0.717) is 10.6 Å². The molecule has 0 amide bonds. The van der Waals surface area contributed by atoms with Crippen LogP contribution in [-0.4, -0.2) is 11.1 Å². The van der Waals surface area contributed by atoms with Crippen molar-refractivity contribution in [1.29, 1.82) is 0 Å². The zero-order chi connectivity index (χ0) is 14.5. The summed E-state index contributed by atoms with van der Waals surface area (Å²) in [5, 5.41) is 3.42. The number of ether oxygens (including phenoxy) is 1. The van der Waals surface area contributed by atoms with Crippen molar-refractivity contribution in [1.82, 2.24) is 4.98 Å². The first-order valence-corrected chi connectivity index (χ1v) is 8.60. The predicted molar refractivity (Wildman–Crippen MR) is 88.4 cm³/mol. The largest absolute Gasteiger partial charge is 0.488 e. The number of nitrogens with one attached hydrogen (secondary N) is 1. The second-order valence-corrected chi connectivity index (χ2v) is 7.00. The second kappa shape index (κ2) is 7.14. The molecule has 0 atom stereocenters. The summed E-state index contributed by atoms with van der Waals surface area (Å²) in [6.07, 6.45) is 8.40. The Morgan fingerprint density at radius 1 is 1.24 bits per heavy atom. The molecule has 1 heterocycles. The van der Waals surface area contributed by atoms with E-state index in [1.54, 1.807) is 0 Å². The Kier molecular flexibility index (Phi) is 4.99. The van der Waals surface area contributed by atoms with Crippen LogP contribution in [0.1, 0.15) is 37.0 Å². The van der Waals surface area contributed by atoms with E-state index in [1.165, 1.54) is 43.4 Å². The van der Waals surface area contributed by atoms with Crippen molar-refractivity contribution in [3.05, 3.63) is 39.8 Å².